The van der Waals surface area contributed by atoms with Gasteiger partial charge in [0.2, 0.25) is 0 Å². The Bertz CT molecular complexity index is 531. The average molecular weight is 260 g/mol. The minimum absolute atomic E-state index is 0.298. The van der Waals surface area contributed by atoms with Gasteiger partial charge in [0.1, 0.15) is 24.0 Å². The summed E-state index contributed by atoms with van der Waals surface area (Å²) in [5.41, 5.74) is 0.959. The molecule has 0 spiro atoms. The highest BCUT2D eigenvalue weighted by atomic mass is 19.1. The SMILES string of the molecule is CCCNc1ncccc1COc1cccc(F)c1. The second kappa shape index (κ2) is 6.73. The molecule has 0 amide bonds. The normalized spacial score (nSPS) is 10.2. The molecule has 1 N–H and O–H groups in total. The molecular weight excluding hydrogens is 243 g/mol. The highest BCUT2D eigenvalue weighted by Gasteiger charge is 2.04. The zero-order valence-corrected chi connectivity index (χ0v) is 10.9. The molecule has 0 aliphatic heterocycles. The summed E-state index contributed by atoms with van der Waals surface area (Å²) in [6.45, 7) is 3.33. The van der Waals surface area contributed by atoms with E-state index in [-0.39, 0.29) is 5.82 Å². The molecule has 0 saturated carbocycles. The highest BCUT2D eigenvalue weighted by molar-refractivity contribution is 5.43. The first-order valence-corrected chi connectivity index (χ1v) is 6.35. The van der Waals surface area contributed by atoms with Crippen molar-refractivity contribution in [1.82, 2.24) is 4.98 Å². The molecule has 1 aromatic carbocycles. The second-order valence-corrected chi connectivity index (χ2v) is 4.18. The molecule has 2 rings (SSSR count). The number of benzene rings is 1. The lowest BCUT2D eigenvalue weighted by Gasteiger charge is -2.11. The third-order valence-electron chi connectivity index (χ3n) is 2.62. The van der Waals surface area contributed by atoms with Crippen LogP contribution < -0.4 is 10.1 Å². The van der Waals surface area contributed by atoms with Crippen LogP contribution in [0.5, 0.6) is 5.75 Å². The van der Waals surface area contributed by atoms with Crippen LogP contribution in [0.3, 0.4) is 0 Å². The average Bonchev–Trinajstić information content (AvgIpc) is 2.44. The molecule has 3 nitrogen and oxygen atoms in total. The van der Waals surface area contributed by atoms with E-state index in [0.29, 0.717) is 12.4 Å². The van der Waals surface area contributed by atoms with Crippen LogP contribution in [0.1, 0.15) is 18.9 Å². The Labute approximate surface area is 112 Å². The fraction of sp³-hybridized carbons (Fsp3) is 0.267. The third-order valence-corrected chi connectivity index (χ3v) is 2.62. The summed E-state index contributed by atoms with van der Waals surface area (Å²) in [6.07, 6.45) is 2.77. The van der Waals surface area contributed by atoms with Gasteiger partial charge in [-0.05, 0) is 24.6 Å². The van der Waals surface area contributed by atoms with Crippen LogP contribution in [-0.4, -0.2) is 11.5 Å². The fourth-order valence-electron chi connectivity index (χ4n) is 1.68. The molecule has 0 unspecified atom stereocenters. The number of halogens is 1. The van der Waals surface area contributed by atoms with Crippen LogP contribution in [0.2, 0.25) is 0 Å². The molecule has 0 aliphatic carbocycles. The molecule has 0 atom stereocenters. The number of rotatable bonds is 6. The summed E-state index contributed by atoms with van der Waals surface area (Å²) in [5, 5.41) is 3.25. The van der Waals surface area contributed by atoms with Crippen molar-refractivity contribution in [1.29, 1.82) is 0 Å². The van der Waals surface area contributed by atoms with Crippen molar-refractivity contribution in [3.8, 4) is 5.75 Å². The van der Waals surface area contributed by atoms with E-state index in [0.717, 1.165) is 24.3 Å². The highest BCUT2D eigenvalue weighted by Crippen LogP contribution is 2.17. The lowest BCUT2D eigenvalue weighted by molar-refractivity contribution is 0.305. The Morgan fingerprint density at radius 3 is 2.95 bits per heavy atom. The van der Waals surface area contributed by atoms with Gasteiger partial charge in [0.15, 0.2) is 0 Å². The maximum Gasteiger partial charge on any atom is 0.132 e. The predicted molar refractivity (Wildman–Crippen MR) is 73.7 cm³/mol. The summed E-state index contributed by atoms with van der Waals surface area (Å²) >= 11 is 0. The summed E-state index contributed by atoms with van der Waals surface area (Å²) in [4.78, 5) is 4.28. The van der Waals surface area contributed by atoms with E-state index in [1.54, 1.807) is 18.3 Å². The van der Waals surface area contributed by atoms with Gasteiger partial charge in [-0.2, -0.15) is 0 Å². The van der Waals surface area contributed by atoms with Gasteiger partial charge in [-0.25, -0.2) is 9.37 Å². The quantitative estimate of drug-likeness (QED) is 0.861. The predicted octanol–water partition coefficient (Wildman–Crippen LogP) is 3.62. The minimum atomic E-state index is -0.298. The molecule has 1 heterocycles. The summed E-state index contributed by atoms with van der Waals surface area (Å²) < 4.78 is 18.6. The van der Waals surface area contributed by atoms with Crippen molar-refractivity contribution in [2.24, 2.45) is 0 Å². The molecule has 19 heavy (non-hydrogen) atoms. The number of ether oxygens (including phenoxy) is 1. The molecule has 0 aliphatic rings. The summed E-state index contributed by atoms with van der Waals surface area (Å²) in [6, 6.07) is 9.94. The molecular formula is C15H17FN2O. The summed E-state index contributed by atoms with van der Waals surface area (Å²) in [7, 11) is 0. The van der Waals surface area contributed by atoms with Gasteiger partial charge in [0.05, 0.1) is 0 Å². The molecule has 2 aromatic rings. The van der Waals surface area contributed by atoms with E-state index in [4.69, 9.17) is 4.74 Å². The van der Waals surface area contributed by atoms with Crippen molar-refractivity contribution in [2.45, 2.75) is 20.0 Å². The number of nitrogens with one attached hydrogen (secondary N) is 1. The first-order valence-electron chi connectivity index (χ1n) is 6.35. The van der Waals surface area contributed by atoms with Crippen LogP contribution in [-0.2, 0) is 6.61 Å². The van der Waals surface area contributed by atoms with Gasteiger partial charge in [0, 0.05) is 24.4 Å². The Hall–Kier alpha value is -2.10. The van der Waals surface area contributed by atoms with Gasteiger partial charge in [-0.15, -0.1) is 0 Å². The number of hydrogen-bond donors (Lipinski definition) is 1. The van der Waals surface area contributed by atoms with Gasteiger partial charge < -0.3 is 10.1 Å². The van der Waals surface area contributed by atoms with E-state index in [1.165, 1.54) is 12.1 Å². The Balaban J connectivity index is 2.02. The van der Waals surface area contributed by atoms with Crippen LogP contribution in [0.15, 0.2) is 42.6 Å². The van der Waals surface area contributed by atoms with Gasteiger partial charge in [-0.3, -0.25) is 0 Å². The zero-order chi connectivity index (χ0) is 13.5. The van der Waals surface area contributed by atoms with Crippen LogP contribution in [0.25, 0.3) is 0 Å². The van der Waals surface area contributed by atoms with Gasteiger partial charge >= 0.3 is 0 Å². The van der Waals surface area contributed by atoms with E-state index in [2.05, 4.69) is 17.2 Å². The van der Waals surface area contributed by atoms with E-state index in [9.17, 15) is 4.39 Å². The molecule has 0 bridgehead atoms. The zero-order valence-electron chi connectivity index (χ0n) is 10.9. The van der Waals surface area contributed by atoms with Gasteiger partial charge in [0.25, 0.3) is 0 Å². The number of hydrogen-bond acceptors (Lipinski definition) is 3. The largest absolute Gasteiger partial charge is 0.489 e. The summed E-state index contributed by atoms with van der Waals surface area (Å²) in [5.74, 6) is 1.04. The van der Waals surface area contributed by atoms with Crippen molar-refractivity contribution in [3.05, 3.63) is 54.0 Å². The van der Waals surface area contributed by atoms with E-state index in [1.807, 2.05) is 12.1 Å². The third kappa shape index (κ3) is 3.95. The number of pyridine rings is 1. The number of nitrogens with zero attached hydrogens (tertiary/aromatic N) is 1. The van der Waals surface area contributed by atoms with E-state index >= 15 is 0 Å². The Morgan fingerprint density at radius 2 is 2.16 bits per heavy atom. The first kappa shape index (κ1) is 13.3. The maximum absolute atomic E-state index is 13.0. The lowest BCUT2D eigenvalue weighted by atomic mass is 10.2. The van der Waals surface area contributed by atoms with Crippen molar-refractivity contribution >= 4 is 5.82 Å². The van der Waals surface area contributed by atoms with Crippen LogP contribution in [0.4, 0.5) is 10.2 Å². The van der Waals surface area contributed by atoms with Crippen LogP contribution >= 0.6 is 0 Å². The Kier molecular flexibility index (Phi) is 4.72. The maximum atomic E-state index is 13.0. The molecule has 0 radical (unpaired) electrons. The molecule has 100 valence electrons. The molecule has 1 aromatic heterocycles. The minimum Gasteiger partial charge on any atom is -0.489 e. The van der Waals surface area contributed by atoms with Crippen molar-refractivity contribution in [2.75, 3.05) is 11.9 Å². The molecule has 4 heteroatoms. The second-order valence-electron chi connectivity index (χ2n) is 4.18. The van der Waals surface area contributed by atoms with Crippen molar-refractivity contribution < 1.29 is 9.13 Å². The van der Waals surface area contributed by atoms with Crippen molar-refractivity contribution in [3.63, 3.8) is 0 Å². The standard InChI is InChI=1S/C15H17FN2O/c1-2-8-17-15-12(5-4-9-18-15)11-19-14-7-3-6-13(16)10-14/h3-7,9-10H,2,8,11H2,1H3,(H,17,18). The fourth-order valence-corrected chi connectivity index (χ4v) is 1.68. The van der Waals surface area contributed by atoms with Gasteiger partial charge in [-0.1, -0.05) is 19.1 Å². The monoisotopic (exact) mass is 260 g/mol. The molecule has 0 fully saturated rings. The van der Waals surface area contributed by atoms with E-state index < -0.39 is 0 Å². The van der Waals surface area contributed by atoms with Crippen LogP contribution in [0, 0.1) is 5.82 Å². The lowest BCUT2D eigenvalue weighted by Crippen LogP contribution is -2.07. The first-order chi connectivity index (χ1) is 9.29. The topological polar surface area (TPSA) is 34.2 Å². The number of anilines is 1. The molecule has 0 saturated heterocycles. The number of aromatic nitrogens is 1. The smallest absolute Gasteiger partial charge is 0.132 e. The Morgan fingerprint density at radius 1 is 1.26 bits per heavy atom.